The van der Waals surface area contributed by atoms with Gasteiger partial charge in [-0.15, -0.1) is 0 Å². The normalized spacial score (nSPS) is 17.6. The van der Waals surface area contributed by atoms with Crippen LogP contribution in [-0.4, -0.2) is 21.1 Å². The van der Waals surface area contributed by atoms with Crippen LogP contribution >= 0.6 is 0 Å². The predicted molar refractivity (Wildman–Crippen MR) is 68.0 cm³/mol. The number of fused-ring (bicyclic) bond motifs is 1. The first-order valence-corrected chi connectivity index (χ1v) is 6.23. The van der Waals surface area contributed by atoms with Gasteiger partial charge in [0.05, 0.1) is 6.20 Å². The highest BCUT2D eigenvalue weighted by Crippen LogP contribution is 2.51. The quantitative estimate of drug-likeness (QED) is 0.877. The van der Waals surface area contributed by atoms with E-state index in [-0.39, 0.29) is 0 Å². The zero-order valence-corrected chi connectivity index (χ0v) is 10.3. The van der Waals surface area contributed by atoms with Crippen molar-refractivity contribution in [3.05, 3.63) is 24.7 Å². The van der Waals surface area contributed by atoms with E-state index in [1.807, 2.05) is 16.8 Å². The maximum absolute atomic E-state index is 4.40. The van der Waals surface area contributed by atoms with E-state index in [9.17, 15) is 0 Å². The van der Waals surface area contributed by atoms with Gasteiger partial charge < -0.3 is 5.32 Å². The van der Waals surface area contributed by atoms with Crippen LogP contribution in [0.1, 0.15) is 26.7 Å². The fourth-order valence-corrected chi connectivity index (χ4v) is 2.37. The third kappa shape index (κ3) is 1.77. The van der Waals surface area contributed by atoms with Gasteiger partial charge in [0.1, 0.15) is 5.52 Å². The highest BCUT2D eigenvalue weighted by molar-refractivity contribution is 5.66. The molecule has 0 radical (unpaired) electrons. The number of nitrogens with one attached hydrogen (secondary N) is 1. The van der Waals surface area contributed by atoms with E-state index in [0.717, 1.165) is 23.8 Å². The zero-order chi connectivity index (χ0) is 11.9. The van der Waals surface area contributed by atoms with Gasteiger partial charge in [-0.2, -0.15) is 5.10 Å². The average Bonchev–Trinajstić information content (AvgIpc) is 2.96. The Morgan fingerprint density at radius 1 is 1.41 bits per heavy atom. The van der Waals surface area contributed by atoms with Gasteiger partial charge in [-0.3, -0.25) is 0 Å². The number of nitrogens with zero attached hydrogens (tertiary/aromatic N) is 3. The van der Waals surface area contributed by atoms with Crippen molar-refractivity contribution in [2.45, 2.75) is 26.7 Å². The van der Waals surface area contributed by atoms with Gasteiger partial charge in [0, 0.05) is 18.9 Å². The second-order valence-corrected chi connectivity index (χ2v) is 5.31. The van der Waals surface area contributed by atoms with Crippen LogP contribution in [0.15, 0.2) is 24.7 Å². The van der Waals surface area contributed by atoms with E-state index < -0.39 is 0 Å². The largest absolute Gasteiger partial charge is 0.368 e. The Morgan fingerprint density at radius 3 is 2.94 bits per heavy atom. The minimum Gasteiger partial charge on any atom is -0.368 e. The third-order valence-corrected chi connectivity index (χ3v) is 4.05. The smallest absolute Gasteiger partial charge is 0.152 e. The number of hydrogen-bond donors (Lipinski definition) is 1. The lowest BCUT2D eigenvalue weighted by Gasteiger charge is -2.20. The molecule has 4 nitrogen and oxygen atoms in total. The van der Waals surface area contributed by atoms with Crippen molar-refractivity contribution in [1.29, 1.82) is 0 Å². The second kappa shape index (κ2) is 3.72. The van der Waals surface area contributed by atoms with Gasteiger partial charge in [-0.05, 0) is 30.2 Å². The molecule has 1 aliphatic carbocycles. The van der Waals surface area contributed by atoms with Crippen LogP contribution in [0.5, 0.6) is 0 Å². The molecule has 4 heteroatoms. The summed E-state index contributed by atoms with van der Waals surface area (Å²) in [4.78, 5) is 4.40. The molecular formula is C13H18N4. The lowest BCUT2D eigenvalue weighted by atomic mass is 9.92. The van der Waals surface area contributed by atoms with Crippen molar-refractivity contribution in [1.82, 2.24) is 14.6 Å². The first-order chi connectivity index (χ1) is 8.21. The summed E-state index contributed by atoms with van der Waals surface area (Å²) in [5.41, 5.74) is 1.54. The Balaban J connectivity index is 1.79. The van der Waals surface area contributed by atoms with Gasteiger partial charge in [0.15, 0.2) is 5.82 Å². The minimum absolute atomic E-state index is 0.495. The molecular weight excluding hydrogens is 212 g/mol. The molecule has 1 fully saturated rings. The summed E-state index contributed by atoms with van der Waals surface area (Å²) in [5.74, 6) is 1.68. The summed E-state index contributed by atoms with van der Waals surface area (Å²) < 4.78 is 1.85. The van der Waals surface area contributed by atoms with Crippen LogP contribution in [0, 0.1) is 11.3 Å². The molecule has 0 unspecified atom stereocenters. The molecule has 0 spiro atoms. The maximum Gasteiger partial charge on any atom is 0.152 e. The summed E-state index contributed by atoms with van der Waals surface area (Å²) in [6.07, 6.45) is 8.13. The summed E-state index contributed by atoms with van der Waals surface area (Å²) in [6, 6.07) is 1.99. The SMILES string of the molecule is CC(C)C1(CNc2nccn3nccc23)CC1. The van der Waals surface area contributed by atoms with Gasteiger partial charge >= 0.3 is 0 Å². The minimum atomic E-state index is 0.495. The van der Waals surface area contributed by atoms with Crippen LogP contribution in [0.3, 0.4) is 0 Å². The van der Waals surface area contributed by atoms with Crippen molar-refractivity contribution in [2.24, 2.45) is 11.3 Å². The van der Waals surface area contributed by atoms with E-state index in [1.54, 1.807) is 12.4 Å². The van der Waals surface area contributed by atoms with E-state index in [4.69, 9.17) is 0 Å². The molecule has 1 saturated carbocycles. The molecule has 3 rings (SSSR count). The molecule has 0 atom stereocenters. The Hall–Kier alpha value is -1.58. The van der Waals surface area contributed by atoms with Gasteiger partial charge in [0.2, 0.25) is 0 Å². The molecule has 0 saturated heterocycles. The number of aromatic nitrogens is 3. The molecule has 0 bridgehead atoms. The first kappa shape index (κ1) is 10.6. The van der Waals surface area contributed by atoms with E-state index in [0.29, 0.717) is 5.41 Å². The Labute approximate surface area is 101 Å². The van der Waals surface area contributed by atoms with Crippen LogP contribution in [-0.2, 0) is 0 Å². The summed E-state index contributed by atoms with van der Waals surface area (Å²) in [7, 11) is 0. The topological polar surface area (TPSA) is 42.2 Å². The summed E-state index contributed by atoms with van der Waals surface area (Å²) in [5, 5.41) is 7.70. The van der Waals surface area contributed by atoms with Crippen LogP contribution in [0.25, 0.3) is 5.52 Å². The Bertz CT molecular complexity index is 525. The highest BCUT2D eigenvalue weighted by Gasteiger charge is 2.45. The number of hydrogen-bond acceptors (Lipinski definition) is 3. The third-order valence-electron chi connectivity index (χ3n) is 4.05. The molecule has 2 heterocycles. The molecule has 1 aliphatic rings. The number of rotatable bonds is 4. The van der Waals surface area contributed by atoms with Crippen molar-refractivity contribution in [3.8, 4) is 0 Å². The fraction of sp³-hybridized carbons (Fsp3) is 0.538. The highest BCUT2D eigenvalue weighted by atomic mass is 15.2. The second-order valence-electron chi connectivity index (χ2n) is 5.31. The molecule has 90 valence electrons. The van der Waals surface area contributed by atoms with E-state index in [2.05, 4.69) is 29.2 Å². The van der Waals surface area contributed by atoms with Crippen molar-refractivity contribution >= 4 is 11.3 Å². The zero-order valence-electron chi connectivity index (χ0n) is 10.3. The summed E-state index contributed by atoms with van der Waals surface area (Å²) >= 11 is 0. The Kier molecular flexibility index (Phi) is 2.31. The predicted octanol–water partition coefficient (Wildman–Crippen LogP) is 2.58. The monoisotopic (exact) mass is 230 g/mol. The molecule has 1 N–H and O–H groups in total. The Morgan fingerprint density at radius 2 is 2.24 bits per heavy atom. The average molecular weight is 230 g/mol. The molecule has 0 aliphatic heterocycles. The van der Waals surface area contributed by atoms with Gasteiger partial charge in [-0.1, -0.05) is 13.8 Å². The van der Waals surface area contributed by atoms with Crippen LogP contribution < -0.4 is 5.32 Å². The van der Waals surface area contributed by atoms with Crippen molar-refractivity contribution in [3.63, 3.8) is 0 Å². The molecule has 0 aromatic carbocycles. The molecule has 2 aromatic heterocycles. The standard InChI is InChI=1S/C13H18N4/c1-10(2)13(4-5-13)9-15-12-11-3-6-16-17(11)8-7-14-12/h3,6-8,10H,4-5,9H2,1-2H3,(H,14,15). The van der Waals surface area contributed by atoms with Crippen LogP contribution in [0.4, 0.5) is 5.82 Å². The van der Waals surface area contributed by atoms with Crippen molar-refractivity contribution in [2.75, 3.05) is 11.9 Å². The van der Waals surface area contributed by atoms with Gasteiger partial charge in [-0.25, -0.2) is 9.50 Å². The van der Waals surface area contributed by atoms with E-state index in [1.165, 1.54) is 12.8 Å². The number of anilines is 1. The molecule has 17 heavy (non-hydrogen) atoms. The fourth-order valence-electron chi connectivity index (χ4n) is 2.37. The van der Waals surface area contributed by atoms with Crippen LogP contribution in [0.2, 0.25) is 0 Å². The van der Waals surface area contributed by atoms with Gasteiger partial charge in [0.25, 0.3) is 0 Å². The molecule has 0 amide bonds. The lowest BCUT2D eigenvalue weighted by molar-refractivity contribution is 0.380. The van der Waals surface area contributed by atoms with Crippen molar-refractivity contribution < 1.29 is 0 Å². The maximum atomic E-state index is 4.40. The summed E-state index contributed by atoms with van der Waals surface area (Å²) in [6.45, 7) is 5.63. The lowest BCUT2D eigenvalue weighted by Crippen LogP contribution is -2.21. The molecule has 2 aromatic rings. The van der Waals surface area contributed by atoms with E-state index >= 15 is 0 Å². The first-order valence-electron chi connectivity index (χ1n) is 6.23.